The summed E-state index contributed by atoms with van der Waals surface area (Å²) >= 11 is 5.20. The molecule has 1 aromatic rings. The molecule has 0 saturated heterocycles. The molecule has 3 nitrogen and oxygen atoms in total. The van der Waals surface area contributed by atoms with Gasteiger partial charge in [-0.25, -0.2) is 13.6 Å². The summed E-state index contributed by atoms with van der Waals surface area (Å²) in [6, 6.07) is 0. The Morgan fingerprint density at radius 1 is 1.44 bits per heavy atom. The Kier molecular flexibility index (Phi) is 4.10. The molecule has 0 spiro atoms. The monoisotopic (exact) mass is 289 g/mol. The Bertz CT molecular complexity index is 475. The molecule has 0 aliphatic carbocycles. The predicted molar refractivity (Wildman–Crippen MR) is 50.7 cm³/mol. The minimum Gasteiger partial charge on any atom is -0.478 e. The van der Waals surface area contributed by atoms with Crippen molar-refractivity contribution >= 4 is 17.6 Å². The van der Waals surface area contributed by atoms with E-state index in [0.29, 0.717) is 6.20 Å². The molecule has 0 amide bonds. The largest absolute Gasteiger partial charge is 0.478 e. The van der Waals surface area contributed by atoms with Crippen molar-refractivity contribution in [3.63, 3.8) is 0 Å². The molecule has 0 radical (unpaired) electrons. The van der Waals surface area contributed by atoms with Gasteiger partial charge in [-0.3, -0.25) is 4.98 Å². The summed E-state index contributed by atoms with van der Waals surface area (Å²) in [7, 11) is 0. The highest BCUT2D eigenvalue weighted by Gasteiger charge is 2.41. The molecule has 9 heteroatoms. The van der Waals surface area contributed by atoms with Crippen LogP contribution in [0.15, 0.2) is 6.20 Å². The van der Waals surface area contributed by atoms with Crippen LogP contribution in [0.1, 0.15) is 33.6 Å². The molecular weight excluding hydrogens is 285 g/mol. The maximum Gasteiger partial charge on any atom is 0.419 e. The molecule has 100 valence electrons. The number of hydrogen-bond acceptors (Lipinski definition) is 2. The molecule has 1 heterocycles. The van der Waals surface area contributed by atoms with Crippen LogP contribution in [0.2, 0.25) is 0 Å². The van der Waals surface area contributed by atoms with Crippen molar-refractivity contribution in [3.05, 3.63) is 28.6 Å². The molecule has 0 aliphatic heterocycles. The number of aromatic nitrogens is 1. The molecule has 0 aromatic carbocycles. The Labute approximate surface area is 102 Å². The lowest BCUT2D eigenvalue weighted by Gasteiger charge is -2.16. The highest BCUT2D eigenvalue weighted by atomic mass is 35.5. The van der Waals surface area contributed by atoms with Crippen LogP contribution in [0.5, 0.6) is 0 Å². The minimum atomic E-state index is -5.13. The molecule has 0 fully saturated rings. The van der Waals surface area contributed by atoms with Gasteiger partial charge in [-0.1, -0.05) is 0 Å². The van der Waals surface area contributed by atoms with Crippen LogP contribution in [-0.4, -0.2) is 16.1 Å². The highest BCUT2D eigenvalue weighted by molar-refractivity contribution is 6.17. The number of pyridine rings is 1. The number of rotatable bonds is 3. The molecule has 1 N–H and O–H groups in total. The third kappa shape index (κ3) is 2.69. The topological polar surface area (TPSA) is 50.2 Å². The van der Waals surface area contributed by atoms with Gasteiger partial charge in [0.15, 0.2) is 0 Å². The number of carboxylic acids is 1. The van der Waals surface area contributed by atoms with Crippen LogP contribution in [0.3, 0.4) is 0 Å². The number of aromatic carboxylic acids is 1. The molecule has 0 aliphatic rings. The quantitative estimate of drug-likeness (QED) is 0.684. The van der Waals surface area contributed by atoms with Gasteiger partial charge >= 0.3 is 12.1 Å². The van der Waals surface area contributed by atoms with E-state index >= 15 is 0 Å². The van der Waals surface area contributed by atoms with Crippen molar-refractivity contribution in [1.82, 2.24) is 4.98 Å². The molecule has 0 atom stereocenters. The van der Waals surface area contributed by atoms with Crippen LogP contribution >= 0.6 is 11.6 Å². The van der Waals surface area contributed by atoms with Gasteiger partial charge in [0.25, 0.3) is 6.43 Å². The average Bonchev–Trinajstić information content (AvgIpc) is 2.25. The normalized spacial score (nSPS) is 11.9. The van der Waals surface area contributed by atoms with Crippen molar-refractivity contribution in [1.29, 1.82) is 0 Å². The van der Waals surface area contributed by atoms with E-state index < -0.39 is 46.8 Å². The maximum atomic E-state index is 12.7. The standard InChI is InChI=1S/C9H5ClF5NO2/c10-1-4-6(9(13,14)15)5(8(17)18)3(2-16-4)7(11)12/h2,7H,1H2,(H,17,18). The minimum absolute atomic E-state index is 0.390. The van der Waals surface area contributed by atoms with Crippen molar-refractivity contribution < 1.29 is 31.9 Å². The van der Waals surface area contributed by atoms with Gasteiger partial charge < -0.3 is 5.11 Å². The number of carbonyl (C=O) groups is 1. The third-order valence-electron chi connectivity index (χ3n) is 2.05. The van der Waals surface area contributed by atoms with E-state index in [-0.39, 0.29) is 0 Å². The van der Waals surface area contributed by atoms with Gasteiger partial charge in [-0.05, 0) is 0 Å². The Hall–Kier alpha value is -1.44. The second kappa shape index (κ2) is 5.05. The van der Waals surface area contributed by atoms with Gasteiger partial charge in [-0.2, -0.15) is 13.2 Å². The Morgan fingerprint density at radius 3 is 2.33 bits per heavy atom. The summed E-state index contributed by atoms with van der Waals surface area (Å²) < 4.78 is 63.1. The highest BCUT2D eigenvalue weighted by Crippen LogP contribution is 2.38. The number of nitrogens with zero attached hydrogens (tertiary/aromatic N) is 1. The molecule has 18 heavy (non-hydrogen) atoms. The van der Waals surface area contributed by atoms with Crippen molar-refractivity contribution in [2.24, 2.45) is 0 Å². The molecule has 0 unspecified atom stereocenters. The van der Waals surface area contributed by atoms with E-state index in [1.165, 1.54) is 0 Å². The van der Waals surface area contributed by atoms with E-state index in [1.54, 1.807) is 0 Å². The van der Waals surface area contributed by atoms with Crippen LogP contribution < -0.4 is 0 Å². The lowest BCUT2D eigenvalue weighted by atomic mass is 10.0. The zero-order valence-corrected chi connectivity index (χ0v) is 9.19. The maximum absolute atomic E-state index is 12.7. The van der Waals surface area contributed by atoms with Crippen molar-refractivity contribution in [2.45, 2.75) is 18.5 Å². The SMILES string of the molecule is O=C(O)c1c(C(F)F)cnc(CCl)c1C(F)(F)F. The molecule has 0 bridgehead atoms. The van der Waals surface area contributed by atoms with Crippen molar-refractivity contribution in [3.8, 4) is 0 Å². The van der Waals surface area contributed by atoms with Crippen molar-refractivity contribution in [2.75, 3.05) is 0 Å². The number of halogens is 6. The van der Waals surface area contributed by atoms with E-state index in [4.69, 9.17) is 16.7 Å². The summed E-state index contributed by atoms with van der Waals surface area (Å²) in [6.07, 6.45) is -8.12. The molecule has 1 rings (SSSR count). The fourth-order valence-electron chi connectivity index (χ4n) is 1.37. The van der Waals surface area contributed by atoms with E-state index in [0.717, 1.165) is 0 Å². The van der Waals surface area contributed by atoms with Gasteiger partial charge in [0.2, 0.25) is 0 Å². The van der Waals surface area contributed by atoms with Crippen LogP contribution in [0.25, 0.3) is 0 Å². The molecular formula is C9H5ClF5NO2. The molecule has 1 aromatic heterocycles. The van der Waals surface area contributed by atoms with E-state index in [1.807, 2.05) is 0 Å². The number of carboxylic acid groups (broad SMARTS) is 1. The van der Waals surface area contributed by atoms with Gasteiger partial charge in [-0.15, -0.1) is 11.6 Å². The fourth-order valence-corrected chi connectivity index (χ4v) is 1.57. The summed E-state index contributed by atoms with van der Waals surface area (Å²) in [4.78, 5) is 13.9. The fraction of sp³-hybridized carbons (Fsp3) is 0.333. The third-order valence-corrected chi connectivity index (χ3v) is 2.30. The summed E-state index contributed by atoms with van der Waals surface area (Å²) in [5.41, 5.74) is -5.33. The number of alkyl halides is 6. The summed E-state index contributed by atoms with van der Waals surface area (Å²) in [5.74, 6) is -2.84. The van der Waals surface area contributed by atoms with E-state index in [2.05, 4.69) is 4.98 Å². The Balaban J connectivity index is 3.71. The van der Waals surface area contributed by atoms with Crippen LogP contribution in [0.4, 0.5) is 22.0 Å². The zero-order valence-electron chi connectivity index (χ0n) is 8.43. The average molecular weight is 290 g/mol. The van der Waals surface area contributed by atoms with Crippen LogP contribution in [0, 0.1) is 0 Å². The Morgan fingerprint density at radius 2 is 2.00 bits per heavy atom. The first kappa shape index (κ1) is 14.6. The van der Waals surface area contributed by atoms with Gasteiger partial charge in [0.1, 0.15) is 0 Å². The molecule has 0 saturated carbocycles. The zero-order chi connectivity index (χ0) is 14.1. The number of hydrogen-bond donors (Lipinski definition) is 1. The lowest BCUT2D eigenvalue weighted by Crippen LogP contribution is -2.19. The van der Waals surface area contributed by atoms with Crippen LogP contribution in [-0.2, 0) is 12.1 Å². The lowest BCUT2D eigenvalue weighted by molar-refractivity contribution is -0.139. The van der Waals surface area contributed by atoms with Gasteiger partial charge in [0.05, 0.1) is 28.3 Å². The van der Waals surface area contributed by atoms with Gasteiger partial charge in [0, 0.05) is 6.20 Å². The predicted octanol–water partition coefficient (Wildman–Crippen LogP) is 3.48. The second-order valence-corrected chi connectivity index (χ2v) is 3.41. The summed E-state index contributed by atoms with van der Waals surface area (Å²) in [6.45, 7) is 0. The van der Waals surface area contributed by atoms with E-state index in [9.17, 15) is 26.7 Å². The summed E-state index contributed by atoms with van der Waals surface area (Å²) in [5, 5.41) is 8.67. The smallest absolute Gasteiger partial charge is 0.419 e. The first-order chi connectivity index (χ1) is 8.20. The first-order valence-electron chi connectivity index (χ1n) is 4.36. The second-order valence-electron chi connectivity index (χ2n) is 3.15. The first-order valence-corrected chi connectivity index (χ1v) is 4.90.